The van der Waals surface area contributed by atoms with Gasteiger partial charge in [0, 0.05) is 32.8 Å². The molecule has 0 aliphatic rings. The van der Waals surface area contributed by atoms with Gasteiger partial charge in [0.15, 0.2) is 0 Å². The summed E-state index contributed by atoms with van der Waals surface area (Å²) in [5.41, 5.74) is 0. The van der Waals surface area contributed by atoms with Gasteiger partial charge in [-0.2, -0.15) is 0 Å². The van der Waals surface area contributed by atoms with Crippen LogP contribution < -0.4 is 10.2 Å². The summed E-state index contributed by atoms with van der Waals surface area (Å²) in [7, 11) is 1.66. The van der Waals surface area contributed by atoms with Crippen LogP contribution in [0.15, 0.2) is 6.07 Å². The Morgan fingerprint density at radius 2 is 2.17 bits per heavy atom. The standard InChI is InChI=1S/C12H22N4O2/c1-4-13-11-9-12(15-10(2)14-11)16(5-7-17)6-8-18-3/h9,17H,4-8H2,1-3H3,(H,13,14,15). The molecule has 0 saturated heterocycles. The first-order valence-corrected chi connectivity index (χ1v) is 6.15. The maximum Gasteiger partial charge on any atom is 0.134 e. The maximum atomic E-state index is 9.10. The summed E-state index contributed by atoms with van der Waals surface area (Å²) in [5, 5.41) is 12.3. The molecule has 2 N–H and O–H groups in total. The summed E-state index contributed by atoms with van der Waals surface area (Å²) < 4.78 is 5.07. The van der Waals surface area contributed by atoms with Crippen molar-refractivity contribution in [3.05, 3.63) is 11.9 Å². The van der Waals surface area contributed by atoms with Gasteiger partial charge in [-0.3, -0.25) is 0 Å². The third-order valence-electron chi connectivity index (χ3n) is 2.44. The summed E-state index contributed by atoms with van der Waals surface area (Å²) in [6.07, 6.45) is 0. The van der Waals surface area contributed by atoms with Gasteiger partial charge in [0.25, 0.3) is 0 Å². The van der Waals surface area contributed by atoms with Crippen LogP contribution in [0.25, 0.3) is 0 Å². The lowest BCUT2D eigenvalue weighted by molar-refractivity contribution is 0.202. The number of aryl methyl sites for hydroxylation is 1. The van der Waals surface area contributed by atoms with Crippen LogP contribution in [-0.2, 0) is 4.74 Å². The van der Waals surface area contributed by atoms with Crippen LogP contribution in [0.1, 0.15) is 12.7 Å². The molecule has 0 aliphatic carbocycles. The van der Waals surface area contributed by atoms with Crippen LogP contribution in [0, 0.1) is 6.92 Å². The molecule has 6 nitrogen and oxygen atoms in total. The molecule has 6 heteroatoms. The van der Waals surface area contributed by atoms with Crippen molar-refractivity contribution in [2.75, 3.05) is 50.2 Å². The SMILES string of the molecule is CCNc1cc(N(CCO)CCOC)nc(C)n1. The van der Waals surface area contributed by atoms with Gasteiger partial charge in [-0.25, -0.2) is 9.97 Å². The number of aromatic nitrogens is 2. The van der Waals surface area contributed by atoms with E-state index in [1.54, 1.807) is 7.11 Å². The van der Waals surface area contributed by atoms with E-state index in [1.807, 2.05) is 24.8 Å². The Balaban J connectivity index is 2.87. The molecule has 0 amide bonds. The smallest absolute Gasteiger partial charge is 0.134 e. The molecule has 18 heavy (non-hydrogen) atoms. The minimum Gasteiger partial charge on any atom is -0.395 e. The molecule has 0 unspecified atom stereocenters. The number of hydrogen-bond donors (Lipinski definition) is 2. The Labute approximate surface area is 108 Å². The van der Waals surface area contributed by atoms with Crippen molar-refractivity contribution >= 4 is 11.6 Å². The summed E-state index contributed by atoms with van der Waals surface area (Å²) in [4.78, 5) is 10.7. The zero-order valence-corrected chi connectivity index (χ0v) is 11.3. The number of ether oxygens (including phenoxy) is 1. The van der Waals surface area contributed by atoms with Crippen molar-refractivity contribution in [3.63, 3.8) is 0 Å². The van der Waals surface area contributed by atoms with Crippen LogP contribution in [0.3, 0.4) is 0 Å². The fourth-order valence-electron chi connectivity index (χ4n) is 1.65. The number of nitrogens with one attached hydrogen (secondary N) is 1. The number of methoxy groups -OCH3 is 1. The molecular formula is C12H22N4O2. The lowest BCUT2D eigenvalue weighted by atomic mass is 10.4. The molecule has 0 bridgehead atoms. The summed E-state index contributed by atoms with van der Waals surface area (Å²) in [5.74, 6) is 2.33. The predicted molar refractivity (Wildman–Crippen MR) is 72.1 cm³/mol. The molecule has 0 spiro atoms. The van der Waals surface area contributed by atoms with Gasteiger partial charge in [0.1, 0.15) is 17.5 Å². The number of rotatable bonds is 8. The van der Waals surface area contributed by atoms with Crippen LogP contribution in [-0.4, -0.2) is 55.0 Å². The fraction of sp³-hybridized carbons (Fsp3) is 0.667. The maximum absolute atomic E-state index is 9.10. The first-order valence-electron chi connectivity index (χ1n) is 6.15. The molecule has 0 fully saturated rings. The average molecular weight is 254 g/mol. The van der Waals surface area contributed by atoms with Gasteiger partial charge in [-0.15, -0.1) is 0 Å². The van der Waals surface area contributed by atoms with Crippen LogP contribution >= 0.6 is 0 Å². The van der Waals surface area contributed by atoms with E-state index >= 15 is 0 Å². The number of hydrogen-bond acceptors (Lipinski definition) is 6. The average Bonchev–Trinajstić information content (AvgIpc) is 2.34. The highest BCUT2D eigenvalue weighted by atomic mass is 16.5. The van der Waals surface area contributed by atoms with Crippen molar-refractivity contribution in [3.8, 4) is 0 Å². The Kier molecular flexibility index (Phi) is 6.38. The van der Waals surface area contributed by atoms with Crippen molar-refractivity contribution < 1.29 is 9.84 Å². The van der Waals surface area contributed by atoms with E-state index in [1.165, 1.54) is 0 Å². The van der Waals surface area contributed by atoms with Gasteiger partial charge < -0.3 is 20.1 Å². The number of anilines is 2. The van der Waals surface area contributed by atoms with Crippen LogP contribution in [0.5, 0.6) is 0 Å². The van der Waals surface area contributed by atoms with Gasteiger partial charge in [-0.05, 0) is 13.8 Å². The molecule has 0 aliphatic heterocycles. The zero-order chi connectivity index (χ0) is 13.4. The van der Waals surface area contributed by atoms with Gasteiger partial charge in [0.05, 0.1) is 13.2 Å². The van der Waals surface area contributed by atoms with E-state index in [9.17, 15) is 0 Å². The lowest BCUT2D eigenvalue weighted by Gasteiger charge is -2.23. The monoisotopic (exact) mass is 254 g/mol. The second kappa shape index (κ2) is 7.84. The highest BCUT2D eigenvalue weighted by Crippen LogP contribution is 2.15. The number of aliphatic hydroxyl groups is 1. The van der Waals surface area contributed by atoms with E-state index in [0.29, 0.717) is 25.5 Å². The summed E-state index contributed by atoms with van der Waals surface area (Å²) in [6, 6.07) is 1.89. The normalized spacial score (nSPS) is 10.4. The zero-order valence-electron chi connectivity index (χ0n) is 11.3. The quantitative estimate of drug-likeness (QED) is 0.710. The first-order chi connectivity index (χ1) is 8.71. The fourth-order valence-corrected chi connectivity index (χ4v) is 1.65. The lowest BCUT2D eigenvalue weighted by Crippen LogP contribution is -2.31. The Morgan fingerprint density at radius 3 is 2.78 bits per heavy atom. The van der Waals surface area contributed by atoms with Gasteiger partial charge >= 0.3 is 0 Å². The third kappa shape index (κ3) is 4.46. The van der Waals surface area contributed by atoms with Crippen molar-refractivity contribution in [2.24, 2.45) is 0 Å². The minimum absolute atomic E-state index is 0.0866. The van der Waals surface area contributed by atoms with E-state index < -0.39 is 0 Å². The van der Waals surface area contributed by atoms with E-state index in [2.05, 4.69) is 15.3 Å². The molecule has 1 aromatic heterocycles. The Bertz CT molecular complexity index is 360. The van der Waals surface area contributed by atoms with Crippen LogP contribution in [0.4, 0.5) is 11.6 Å². The molecular weight excluding hydrogens is 232 g/mol. The largest absolute Gasteiger partial charge is 0.395 e. The van der Waals surface area contributed by atoms with Crippen molar-refractivity contribution in [1.29, 1.82) is 0 Å². The molecule has 1 rings (SSSR count). The van der Waals surface area contributed by atoms with Crippen molar-refractivity contribution in [2.45, 2.75) is 13.8 Å². The predicted octanol–water partition coefficient (Wildman–Crippen LogP) is 0.662. The molecule has 0 radical (unpaired) electrons. The second-order valence-corrected chi connectivity index (χ2v) is 3.89. The summed E-state index contributed by atoms with van der Waals surface area (Å²) >= 11 is 0. The molecule has 0 saturated carbocycles. The van der Waals surface area contributed by atoms with E-state index in [-0.39, 0.29) is 6.61 Å². The highest BCUT2D eigenvalue weighted by Gasteiger charge is 2.09. The van der Waals surface area contributed by atoms with Gasteiger partial charge in [-0.1, -0.05) is 0 Å². The number of nitrogens with zero attached hydrogens (tertiary/aromatic N) is 3. The van der Waals surface area contributed by atoms with E-state index in [4.69, 9.17) is 9.84 Å². The highest BCUT2D eigenvalue weighted by molar-refractivity contribution is 5.49. The second-order valence-electron chi connectivity index (χ2n) is 3.89. The Morgan fingerprint density at radius 1 is 1.39 bits per heavy atom. The topological polar surface area (TPSA) is 70.5 Å². The van der Waals surface area contributed by atoms with E-state index in [0.717, 1.165) is 18.2 Å². The molecule has 0 atom stereocenters. The molecule has 102 valence electrons. The minimum atomic E-state index is 0.0866. The van der Waals surface area contributed by atoms with Crippen molar-refractivity contribution in [1.82, 2.24) is 9.97 Å². The molecule has 0 aromatic carbocycles. The van der Waals surface area contributed by atoms with Gasteiger partial charge in [0.2, 0.25) is 0 Å². The summed E-state index contributed by atoms with van der Waals surface area (Å²) in [6.45, 7) is 6.60. The molecule has 1 aromatic rings. The third-order valence-corrected chi connectivity index (χ3v) is 2.44. The first kappa shape index (κ1) is 14.7. The Hall–Kier alpha value is -1.40. The van der Waals surface area contributed by atoms with Crippen LogP contribution in [0.2, 0.25) is 0 Å². The molecule has 1 heterocycles. The number of aliphatic hydroxyl groups excluding tert-OH is 1.